The van der Waals surface area contributed by atoms with E-state index >= 15 is 0 Å². The molecule has 0 bridgehead atoms. The fourth-order valence-electron chi connectivity index (χ4n) is 5.05. The Balaban J connectivity index is 1.44. The Morgan fingerprint density at radius 3 is 2.56 bits per heavy atom. The minimum atomic E-state index is -0.661. The third-order valence-corrected chi connectivity index (χ3v) is 7.91. The zero-order chi connectivity index (χ0) is 28.4. The molecule has 2 aromatic rings. The van der Waals surface area contributed by atoms with Crippen LogP contribution in [-0.2, 0) is 20.9 Å². The Morgan fingerprint density at radius 1 is 1.21 bits per heavy atom. The molecular formula is C27H35BrClN5O5. The maximum atomic E-state index is 13.0. The number of nitrogens with zero attached hydrogens (tertiary/aromatic N) is 4. The summed E-state index contributed by atoms with van der Waals surface area (Å²) in [7, 11) is 0. The lowest BCUT2D eigenvalue weighted by Gasteiger charge is -2.39. The zero-order valence-electron chi connectivity index (χ0n) is 22.7. The highest BCUT2D eigenvalue weighted by atomic mass is 79.9. The first kappa shape index (κ1) is 29.2. The van der Waals surface area contributed by atoms with E-state index in [2.05, 4.69) is 30.8 Å². The van der Waals surface area contributed by atoms with Crippen LogP contribution in [0.4, 0.5) is 16.6 Å². The molecule has 1 aromatic heterocycles. The SMILES string of the molecule is CCOC(=O)[C@@H]1CC2(CCN(c3cc(OCc4ccc(Cl)cc4Br)nc(N)n3)CC2)CN1C(=O)OC(C)(C)C. The number of likely N-dealkylation sites (tertiary alicyclic amines) is 1. The summed E-state index contributed by atoms with van der Waals surface area (Å²) in [6.45, 7) is 9.54. The van der Waals surface area contributed by atoms with Gasteiger partial charge in [0.15, 0.2) is 0 Å². The predicted octanol–water partition coefficient (Wildman–Crippen LogP) is 5.21. The van der Waals surface area contributed by atoms with Crippen LogP contribution in [-0.4, -0.2) is 64.8 Å². The van der Waals surface area contributed by atoms with Crippen molar-refractivity contribution in [2.75, 3.05) is 36.9 Å². The van der Waals surface area contributed by atoms with Crippen molar-refractivity contribution in [1.82, 2.24) is 14.9 Å². The number of benzene rings is 1. The van der Waals surface area contributed by atoms with Gasteiger partial charge in [0.25, 0.3) is 0 Å². The van der Waals surface area contributed by atoms with E-state index in [-0.39, 0.29) is 30.5 Å². The molecule has 2 aliphatic rings. The van der Waals surface area contributed by atoms with Crippen LogP contribution in [0.2, 0.25) is 5.02 Å². The van der Waals surface area contributed by atoms with Crippen molar-refractivity contribution in [3.8, 4) is 5.88 Å². The molecule has 1 spiro atoms. The average molecular weight is 625 g/mol. The number of anilines is 2. The quantitative estimate of drug-likeness (QED) is 0.432. The number of ether oxygens (including phenoxy) is 3. The molecule has 3 heterocycles. The minimum Gasteiger partial charge on any atom is -0.473 e. The maximum Gasteiger partial charge on any atom is 0.411 e. The number of hydrogen-bond acceptors (Lipinski definition) is 9. The van der Waals surface area contributed by atoms with Gasteiger partial charge in [-0.1, -0.05) is 33.6 Å². The van der Waals surface area contributed by atoms with Crippen LogP contribution in [0.5, 0.6) is 5.88 Å². The van der Waals surface area contributed by atoms with Crippen molar-refractivity contribution < 1.29 is 23.8 Å². The third-order valence-electron chi connectivity index (χ3n) is 6.94. The van der Waals surface area contributed by atoms with E-state index in [1.54, 1.807) is 24.0 Å². The molecule has 1 amide bonds. The number of nitrogens with two attached hydrogens (primary N) is 1. The van der Waals surface area contributed by atoms with E-state index < -0.39 is 17.7 Å². The summed E-state index contributed by atoms with van der Waals surface area (Å²) in [6, 6.07) is 6.61. The number of carbonyl (C=O) groups is 2. The van der Waals surface area contributed by atoms with Gasteiger partial charge in [-0.15, -0.1) is 0 Å². The van der Waals surface area contributed by atoms with Crippen LogP contribution in [0, 0.1) is 5.41 Å². The summed E-state index contributed by atoms with van der Waals surface area (Å²) >= 11 is 9.53. The molecule has 0 radical (unpaired) electrons. The topological polar surface area (TPSA) is 120 Å². The second-order valence-corrected chi connectivity index (χ2v) is 12.3. The molecule has 4 rings (SSSR count). The summed E-state index contributed by atoms with van der Waals surface area (Å²) < 4.78 is 17.7. The average Bonchev–Trinajstić information content (AvgIpc) is 3.22. The van der Waals surface area contributed by atoms with Gasteiger partial charge in [0.1, 0.15) is 24.1 Å². The van der Waals surface area contributed by atoms with Crippen LogP contribution in [0.3, 0.4) is 0 Å². The lowest BCUT2D eigenvalue weighted by molar-refractivity contribution is -0.148. The second-order valence-electron chi connectivity index (χ2n) is 11.0. The first-order chi connectivity index (χ1) is 18.4. The molecule has 39 heavy (non-hydrogen) atoms. The smallest absolute Gasteiger partial charge is 0.411 e. The zero-order valence-corrected chi connectivity index (χ0v) is 25.0. The van der Waals surface area contributed by atoms with Crippen LogP contribution < -0.4 is 15.4 Å². The van der Waals surface area contributed by atoms with Crippen LogP contribution in [0.15, 0.2) is 28.7 Å². The predicted molar refractivity (Wildman–Crippen MR) is 152 cm³/mol. The number of rotatable bonds is 6. The van der Waals surface area contributed by atoms with Gasteiger partial charge in [0.2, 0.25) is 11.8 Å². The highest BCUT2D eigenvalue weighted by Crippen LogP contribution is 2.45. The third kappa shape index (κ3) is 7.25. The largest absolute Gasteiger partial charge is 0.473 e. The van der Waals surface area contributed by atoms with Crippen molar-refractivity contribution in [1.29, 1.82) is 0 Å². The normalized spacial score (nSPS) is 18.8. The fourth-order valence-corrected chi connectivity index (χ4v) is 5.84. The summed E-state index contributed by atoms with van der Waals surface area (Å²) in [5, 5.41) is 0.632. The van der Waals surface area contributed by atoms with Crippen LogP contribution in [0.1, 0.15) is 52.5 Å². The van der Waals surface area contributed by atoms with Crippen molar-refractivity contribution in [3.63, 3.8) is 0 Å². The highest BCUT2D eigenvalue weighted by Gasteiger charge is 2.51. The number of esters is 1. The molecule has 2 saturated heterocycles. The lowest BCUT2D eigenvalue weighted by Crippen LogP contribution is -2.45. The summed E-state index contributed by atoms with van der Waals surface area (Å²) in [6.07, 6.45) is 1.58. The Labute approximate surface area is 242 Å². The van der Waals surface area contributed by atoms with Crippen molar-refractivity contribution in [3.05, 3.63) is 39.3 Å². The number of piperidine rings is 1. The van der Waals surface area contributed by atoms with Gasteiger partial charge in [-0.3, -0.25) is 4.90 Å². The number of hydrogen-bond donors (Lipinski definition) is 1. The minimum absolute atomic E-state index is 0.123. The Morgan fingerprint density at radius 2 is 1.92 bits per heavy atom. The van der Waals surface area contributed by atoms with Crippen molar-refractivity contribution in [2.45, 2.75) is 65.2 Å². The van der Waals surface area contributed by atoms with E-state index in [1.807, 2.05) is 32.9 Å². The second kappa shape index (κ2) is 11.8. The highest BCUT2D eigenvalue weighted by molar-refractivity contribution is 9.10. The molecule has 2 N–H and O–H groups in total. The van der Waals surface area contributed by atoms with Crippen LogP contribution >= 0.6 is 27.5 Å². The maximum absolute atomic E-state index is 13.0. The Bertz CT molecular complexity index is 1220. The standard InChI is InChI=1S/C27H35BrClN5O5/c1-5-37-23(35)20-14-27(16-34(20)25(36)39-26(2,3)4)8-10-33(11-9-27)21-13-22(32-24(30)31-21)38-15-17-6-7-18(29)12-19(17)28/h6-7,12-13,20H,5,8-11,14-16H2,1-4H3,(H2,30,31,32)/t20-/m0/s1. The molecule has 10 nitrogen and oxygen atoms in total. The van der Waals surface area contributed by atoms with E-state index in [0.717, 1.165) is 22.9 Å². The summed E-state index contributed by atoms with van der Waals surface area (Å²) in [5.41, 5.74) is 6.06. The molecule has 0 saturated carbocycles. The van der Waals surface area contributed by atoms with Crippen molar-refractivity contribution >= 4 is 51.4 Å². The first-order valence-corrected chi connectivity index (χ1v) is 14.2. The van der Waals surface area contributed by atoms with Gasteiger partial charge in [-0.25, -0.2) is 9.59 Å². The Kier molecular flexibility index (Phi) is 8.80. The van der Waals surface area contributed by atoms with Gasteiger partial charge in [0, 0.05) is 40.8 Å². The van der Waals surface area contributed by atoms with Crippen molar-refractivity contribution in [2.24, 2.45) is 5.41 Å². The number of amides is 1. The lowest BCUT2D eigenvalue weighted by atomic mass is 9.76. The number of halogens is 2. The van der Waals surface area contributed by atoms with Gasteiger partial charge in [-0.05, 0) is 64.5 Å². The molecule has 0 aliphatic carbocycles. The molecule has 2 aliphatic heterocycles. The van der Waals surface area contributed by atoms with E-state index in [0.29, 0.717) is 42.8 Å². The monoisotopic (exact) mass is 623 g/mol. The van der Waals surface area contributed by atoms with Gasteiger partial charge >= 0.3 is 12.1 Å². The summed E-state index contributed by atoms with van der Waals surface area (Å²) in [4.78, 5) is 38.1. The van der Waals surface area contributed by atoms with E-state index in [1.165, 1.54) is 0 Å². The number of carbonyl (C=O) groups excluding carboxylic acids is 2. The van der Waals surface area contributed by atoms with E-state index in [9.17, 15) is 9.59 Å². The first-order valence-electron chi connectivity index (χ1n) is 13.0. The van der Waals surface area contributed by atoms with Crippen LogP contribution in [0.25, 0.3) is 0 Å². The molecular weight excluding hydrogens is 590 g/mol. The van der Waals surface area contributed by atoms with Gasteiger partial charge in [0.05, 0.1) is 6.61 Å². The van der Waals surface area contributed by atoms with E-state index in [4.69, 9.17) is 31.5 Å². The fraction of sp³-hybridized carbons (Fsp3) is 0.556. The molecule has 12 heteroatoms. The molecule has 1 aromatic carbocycles. The summed E-state index contributed by atoms with van der Waals surface area (Å²) in [5.74, 6) is 0.781. The van der Waals surface area contributed by atoms with Gasteiger partial charge in [-0.2, -0.15) is 9.97 Å². The molecule has 2 fully saturated rings. The Hall–Kier alpha value is -2.79. The molecule has 1 atom stereocenters. The molecule has 212 valence electrons. The van der Waals surface area contributed by atoms with Gasteiger partial charge < -0.3 is 24.8 Å². The molecule has 0 unspecified atom stereocenters. The number of aromatic nitrogens is 2. The number of nitrogen functional groups attached to an aromatic ring is 1.